The van der Waals surface area contributed by atoms with Gasteiger partial charge in [0.15, 0.2) is 0 Å². The number of nitrogens with zero attached hydrogens (tertiary/aromatic N) is 1. The van der Waals surface area contributed by atoms with Gasteiger partial charge in [0.25, 0.3) is 0 Å². The lowest BCUT2D eigenvalue weighted by atomic mass is 9.95. The van der Waals surface area contributed by atoms with E-state index in [9.17, 15) is 5.26 Å². The van der Waals surface area contributed by atoms with Gasteiger partial charge in [-0.25, -0.2) is 0 Å². The molecule has 110 valence electrons. The van der Waals surface area contributed by atoms with Crippen molar-refractivity contribution in [2.24, 2.45) is 0 Å². The number of para-hydroxylation sites is 1. The van der Waals surface area contributed by atoms with Crippen molar-refractivity contribution < 1.29 is 4.74 Å². The van der Waals surface area contributed by atoms with E-state index in [-0.39, 0.29) is 5.41 Å². The van der Waals surface area contributed by atoms with Gasteiger partial charge in [-0.3, -0.25) is 0 Å². The molecular weight excluding hydrogens is 280 g/mol. The van der Waals surface area contributed by atoms with Crippen LogP contribution in [0.5, 0.6) is 5.75 Å². The first-order valence-electron chi connectivity index (χ1n) is 6.86. The van der Waals surface area contributed by atoms with Gasteiger partial charge in [-0.05, 0) is 29.7 Å². The Bertz CT molecular complexity index is 662. The van der Waals surface area contributed by atoms with Crippen molar-refractivity contribution in [1.82, 2.24) is 0 Å². The maximum atomic E-state index is 9.20. The zero-order valence-corrected chi connectivity index (χ0v) is 13.7. The van der Waals surface area contributed by atoms with E-state index < -0.39 is 0 Å². The number of thiophene rings is 1. The average molecular weight is 300 g/mol. The van der Waals surface area contributed by atoms with Gasteiger partial charge in [-0.15, -0.1) is 11.3 Å². The van der Waals surface area contributed by atoms with Crippen LogP contribution in [0.2, 0.25) is 0 Å². The van der Waals surface area contributed by atoms with E-state index in [2.05, 4.69) is 44.3 Å². The van der Waals surface area contributed by atoms with Crippen LogP contribution in [0.4, 0.5) is 5.69 Å². The second kappa shape index (κ2) is 6.19. The van der Waals surface area contributed by atoms with Crippen molar-refractivity contribution in [2.75, 3.05) is 12.4 Å². The smallest absolute Gasteiger partial charge is 0.143 e. The van der Waals surface area contributed by atoms with Gasteiger partial charge in [0.1, 0.15) is 11.8 Å². The van der Waals surface area contributed by atoms with E-state index in [4.69, 9.17) is 4.74 Å². The summed E-state index contributed by atoms with van der Waals surface area (Å²) >= 11 is 1.80. The average Bonchev–Trinajstić information content (AvgIpc) is 2.93. The largest absolute Gasteiger partial charge is 0.495 e. The highest BCUT2D eigenvalue weighted by atomic mass is 32.1. The van der Waals surface area contributed by atoms with E-state index in [1.54, 1.807) is 24.5 Å². The third kappa shape index (κ3) is 3.56. The summed E-state index contributed by atoms with van der Waals surface area (Å²) in [5.41, 5.74) is 1.53. The van der Waals surface area contributed by atoms with E-state index in [0.29, 0.717) is 17.9 Å². The van der Waals surface area contributed by atoms with Crippen molar-refractivity contribution in [3.63, 3.8) is 0 Å². The maximum absolute atomic E-state index is 9.20. The monoisotopic (exact) mass is 300 g/mol. The first-order chi connectivity index (χ1) is 9.95. The molecule has 2 aromatic rings. The number of methoxy groups -OCH3 is 1. The molecule has 1 aromatic carbocycles. The van der Waals surface area contributed by atoms with E-state index in [1.807, 2.05) is 12.1 Å². The molecule has 21 heavy (non-hydrogen) atoms. The lowest BCUT2D eigenvalue weighted by Gasteiger charge is -2.15. The number of benzene rings is 1. The molecule has 0 radical (unpaired) electrons. The van der Waals surface area contributed by atoms with Crippen LogP contribution in [-0.2, 0) is 12.0 Å². The highest BCUT2D eigenvalue weighted by Crippen LogP contribution is 2.32. The fourth-order valence-electron chi connectivity index (χ4n) is 2.03. The molecule has 1 N–H and O–H groups in total. The Labute approximate surface area is 130 Å². The Balaban J connectivity index is 2.17. The van der Waals surface area contributed by atoms with Crippen LogP contribution in [0.25, 0.3) is 0 Å². The van der Waals surface area contributed by atoms with Gasteiger partial charge in [-0.2, -0.15) is 5.26 Å². The molecule has 0 aliphatic carbocycles. The van der Waals surface area contributed by atoms with Gasteiger partial charge in [0.05, 0.1) is 18.4 Å². The van der Waals surface area contributed by atoms with Gasteiger partial charge >= 0.3 is 0 Å². The van der Waals surface area contributed by atoms with Crippen LogP contribution >= 0.6 is 11.3 Å². The van der Waals surface area contributed by atoms with Crippen molar-refractivity contribution in [2.45, 2.75) is 32.7 Å². The van der Waals surface area contributed by atoms with Crippen molar-refractivity contribution >= 4 is 17.0 Å². The van der Waals surface area contributed by atoms with Crippen LogP contribution < -0.4 is 10.1 Å². The summed E-state index contributed by atoms with van der Waals surface area (Å²) < 4.78 is 5.33. The Morgan fingerprint density at radius 1 is 1.24 bits per heavy atom. The van der Waals surface area contributed by atoms with Crippen LogP contribution in [-0.4, -0.2) is 7.11 Å². The molecule has 0 amide bonds. The van der Waals surface area contributed by atoms with E-state index in [0.717, 1.165) is 5.69 Å². The summed E-state index contributed by atoms with van der Waals surface area (Å²) in [5, 5.41) is 12.5. The Morgan fingerprint density at radius 3 is 2.57 bits per heavy atom. The molecule has 3 nitrogen and oxygen atoms in total. The third-order valence-corrected chi connectivity index (χ3v) is 4.72. The molecule has 0 aliphatic rings. The zero-order chi connectivity index (χ0) is 15.5. The summed E-state index contributed by atoms with van der Waals surface area (Å²) in [6, 6.07) is 12.0. The summed E-state index contributed by atoms with van der Waals surface area (Å²) in [7, 11) is 1.62. The first kappa shape index (κ1) is 15.4. The number of rotatable bonds is 4. The highest BCUT2D eigenvalue weighted by Gasteiger charge is 2.16. The molecule has 0 spiro atoms. The molecule has 0 atom stereocenters. The fourth-order valence-corrected chi connectivity index (χ4v) is 3.03. The van der Waals surface area contributed by atoms with Crippen LogP contribution in [0.3, 0.4) is 0 Å². The number of nitrogens with one attached hydrogen (secondary N) is 1. The Kier molecular flexibility index (Phi) is 4.54. The number of hydrogen-bond donors (Lipinski definition) is 1. The first-order valence-corrected chi connectivity index (χ1v) is 7.67. The van der Waals surface area contributed by atoms with Crippen molar-refractivity contribution in [3.8, 4) is 11.8 Å². The number of hydrogen-bond acceptors (Lipinski definition) is 4. The molecular formula is C17H20N2OS. The predicted molar refractivity (Wildman–Crippen MR) is 88.1 cm³/mol. The molecule has 1 aromatic heterocycles. The number of anilines is 1. The fraction of sp³-hybridized carbons (Fsp3) is 0.353. The summed E-state index contributed by atoms with van der Waals surface area (Å²) in [6.07, 6.45) is 0. The summed E-state index contributed by atoms with van der Waals surface area (Å²) in [5.74, 6) is 0.696. The second-order valence-corrected chi connectivity index (χ2v) is 7.03. The standard InChI is InChI=1S/C17H20N2OS/c1-17(2,3)15-9-8-13(21-15)11-19-16-12(10-18)6-5-7-14(16)20-4/h5-9,19H,11H2,1-4H3. The van der Waals surface area contributed by atoms with Crippen molar-refractivity contribution in [3.05, 3.63) is 45.6 Å². The normalized spacial score (nSPS) is 11.0. The van der Waals surface area contributed by atoms with Crippen LogP contribution in [0.15, 0.2) is 30.3 Å². The topological polar surface area (TPSA) is 45.0 Å². The lowest BCUT2D eigenvalue weighted by Crippen LogP contribution is -2.07. The van der Waals surface area contributed by atoms with Crippen LogP contribution in [0, 0.1) is 11.3 Å². The van der Waals surface area contributed by atoms with Gasteiger partial charge in [0, 0.05) is 16.3 Å². The quantitative estimate of drug-likeness (QED) is 0.901. The maximum Gasteiger partial charge on any atom is 0.143 e. The third-order valence-electron chi connectivity index (χ3n) is 3.21. The molecule has 0 fully saturated rings. The Hall–Kier alpha value is -1.99. The van der Waals surface area contributed by atoms with Crippen LogP contribution in [0.1, 0.15) is 36.1 Å². The van der Waals surface area contributed by atoms with Gasteiger partial charge in [0.2, 0.25) is 0 Å². The van der Waals surface area contributed by atoms with Gasteiger partial charge in [-0.1, -0.05) is 26.8 Å². The SMILES string of the molecule is COc1cccc(C#N)c1NCc1ccc(C(C)(C)C)s1. The summed E-state index contributed by atoms with van der Waals surface area (Å²) in [4.78, 5) is 2.61. The van der Waals surface area contributed by atoms with Crippen molar-refractivity contribution in [1.29, 1.82) is 5.26 Å². The molecule has 1 heterocycles. The number of ether oxygens (including phenoxy) is 1. The number of nitriles is 1. The highest BCUT2D eigenvalue weighted by molar-refractivity contribution is 7.12. The minimum Gasteiger partial charge on any atom is -0.495 e. The minimum absolute atomic E-state index is 0.172. The molecule has 0 saturated carbocycles. The molecule has 0 unspecified atom stereocenters. The van der Waals surface area contributed by atoms with Gasteiger partial charge < -0.3 is 10.1 Å². The lowest BCUT2D eigenvalue weighted by molar-refractivity contribution is 0.416. The summed E-state index contributed by atoms with van der Waals surface area (Å²) in [6.45, 7) is 7.33. The molecule has 2 rings (SSSR count). The zero-order valence-electron chi connectivity index (χ0n) is 12.9. The minimum atomic E-state index is 0.172. The molecule has 0 aliphatic heterocycles. The van der Waals surface area contributed by atoms with E-state index >= 15 is 0 Å². The van der Waals surface area contributed by atoms with E-state index in [1.165, 1.54) is 9.75 Å². The second-order valence-electron chi connectivity index (χ2n) is 5.86. The molecule has 0 saturated heterocycles. The molecule has 4 heteroatoms. The Morgan fingerprint density at radius 2 is 2.00 bits per heavy atom. The molecule has 0 bridgehead atoms. The predicted octanol–water partition coefficient (Wildman–Crippen LogP) is 4.54.